The van der Waals surface area contributed by atoms with Gasteiger partial charge in [-0.2, -0.15) is 4.31 Å². The maximum Gasteiger partial charge on any atom is 0.321 e. The van der Waals surface area contributed by atoms with E-state index in [9.17, 15) is 18.0 Å². The first-order valence-corrected chi connectivity index (χ1v) is 11.4. The molecule has 3 rings (SSSR count). The molecule has 0 spiro atoms. The van der Waals surface area contributed by atoms with E-state index in [1.54, 1.807) is 49.1 Å². The van der Waals surface area contributed by atoms with Gasteiger partial charge in [0, 0.05) is 43.1 Å². The van der Waals surface area contributed by atoms with Gasteiger partial charge in [0.15, 0.2) is 0 Å². The molecule has 0 bridgehead atoms. The average molecular weight is 451 g/mol. The fourth-order valence-corrected chi connectivity index (χ4v) is 5.18. The van der Waals surface area contributed by atoms with E-state index in [4.69, 9.17) is 11.6 Å². The zero-order valence-corrected chi connectivity index (χ0v) is 18.3. The van der Waals surface area contributed by atoms with Gasteiger partial charge in [-0.15, -0.1) is 0 Å². The van der Waals surface area contributed by atoms with Crippen molar-refractivity contribution in [3.8, 4) is 0 Å². The fraction of sp³-hybridized carbons (Fsp3) is 0.300. The molecule has 1 heterocycles. The van der Waals surface area contributed by atoms with Gasteiger partial charge in [-0.3, -0.25) is 9.69 Å². The van der Waals surface area contributed by atoms with Crippen LogP contribution in [0.15, 0.2) is 47.4 Å². The van der Waals surface area contributed by atoms with Crippen LogP contribution in [0.5, 0.6) is 0 Å². The lowest BCUT2D eigenvalue weighted by Gasteiger charge is -2.20. The molecule has 0 saturated carbocycles. The summed E-state index contributed by atoms with van der Waals surface area (Å²) in [5.74, 6) is -0.426. The van der Waals surface area contributed by atoms with E-state index >= 15 is 0 Å². The van der Waals surface area contributed by atoms with Crippen LogP contribution in [-0.2, 0) is 10.0 Å². The molecule has 10 heteroatoms. The monoisotopic (exact) mass is 450 g/mol. The van der Waals surface area contributed by atoms with E-state index in [0.717, 1.165) is 0 Å². The molecular weight excluding hydrogens is 428 g/mol. The Kier molecular flexibility index (Phi) is 6.64. The van der Waals surface area contributed by atoms with Crippen molar-refractivity contribution in [2.24, 2.45) is 0 Å². The third-order valence-electron chi connectivity index (χ3n) is 4.79. The number of carbonyl (C=O) groups excluding carboxylic acids is 2. The molecule has 0 radical (unpaired) electrons. The molecule has 160 valence electrons. The Balaban J connectivity index is 1.85. The third kappa shape index (κ3) is 4.43. The number of urea groups is 1. The Morgan fingerprint density at radius 3 is 2.57 bits per heavy atom. The summed E-state index contributed by atoms with van der Waals surface area (Å²) in [4.78, 5) is 26.1. The highest BCUT2D eigenvalue weighted by Crippen LogP contribution is 2.28. The van der Waals surface area contributed by atoms with Gasteiger partial charge in [-0.05, 0) is 36.4 Å². The first-order chi connectivity index (χ1) is 14.3. The Morgan fingerprint density at radius 1 is 1.20 bits per heavy atom. The third-order valence-corrected chi connectivity index (χ3v) is 7.32. The molecule has 2 N–H and O–H groups in total. The minimum absolute atomic E-state index is 0.0619. The normalized spacial score (nSPS) is 14.1. The molecule has 2 aromatic rings. The number of halogens is 1. The highest BCUT2D eigenvalue weighted by Gasteiger charge is 2.25. The summed E-state index contributed by atoms with van der Waals surface area (Å²) in [5, 5.41) is 5.50. The lowest BCUT2D eigenvalue weighted by molar-refractivity contribution is 0.102. The van der Waals surface area contributed by atoms with Crippen molar-refractivity contribution in [1.82, 2.24) is 9.62 Å². The van der Waals surface area contributed by atoms with E-state index in [-0.39, 0.29) is 15.9 Å². The van der Waals surface area contributed by atoms with E-state index in [2.05, 4.69) is 10.6 Å². The van der Waals surface area contributed by atoms with Crippen molar-refractivity contribution in [2.75, 3.05) is 36.4 Å². The largest absolute Gasteiger partial charge is 0.336 e. The molecule has 1 saturated heterocycles. The predicted octanol–water partition coefficient (Wildman–Crippen LogP) is 3.15. The van der Waals surface area contributed by atoms with Gasteiger partial charge in [0.25, 0.3) is 5.91 Å². The summed E-state index contributed by atoms with van der Waals surface area (Å²) in [7, 11) is -3.78. The lowest BCUT2D eigenvalue weighted by Crippen LogP contribution is -2.30. The number of nitrogens with zero attached hydrogens (tertiary/aromatic N) is 2. The maximum atomic E-state index is 12.8. The second-order valence-electron chi connectivity index (χ2n) is 6.62. The van der Waals surface area contributed by atoms with Gasteiger partial charge >= 0.3 is 6.03 Å². The second kappa shape index (κ2) is 9.03. The van der Waals surface area contributed by atoms with Crippen molar-refractivity contribution in [3.63, 3.8) is 0 Å². The van der Waals surface area contributed by atoms with Crippen LogP contribution in [0.1, 0.15) is 24.2 Å². The number of rotatable bonds is 7. The molecule has 0 atom stereocenters. The highest BCUT2D eigenvalue weighted by molar-refractivity contribution is 7.89. The molecule has 8 nitrogen and oxygen atoms in total. The van der Waals surface area contributed by atoms with Crippen LogP contribution < -0.4 is 15.5 Å². The molecule has 3 amide bonds. The topological polar surface area (TPSA) is 98.8 Å². The Bertz CT molecular complexity index is 1070. The summed E-state index contributed by atoms with van der Waals surface area (Å²) < 4.78 is 27.0. The molecule has 1 aliphatic heterocycles. The number of sulfonamides is 1. The van der Waals surface area contributed by atoms with Gasteiger partial charge in [-0.25, -0.2) is 13.2 Å². The molecule has 0 aliphatic carbocycles. The molecular formula is C20H23ClN4O4S. The summed E-state index contributed by atoms with van der Waals surface area (Å²) in [6.45, 7) is 5.17. The lowest BCUT2D eigenvalue weighted by atomic mass is 10.1. The SMILES string of the molecule is CCN(CC)S(=O)(=O)c1cc(NC(=O)c2cccc(N3CCNC3=O)c2)ccc1Cl. The van der Waals surface area contributed by atoms with Crippen molar-refractivity contribution in [1.29, 1.82) is 0 Å². The van der Waals surface area contributed by atoms with Gasteiger partial charge in [0.1, 0.15) is 4.90 Å². The van der Waals surface area contributed by atoms with Gasteiger partial charge in [0.2, 0.25) is 10.0 Å². The summed E-state index contributed by atoms with van der Waals surface area (Å²) >= 11 is 6.14. The molecule has 2 aromatic carbocycles. The van der Waals surface area contributed by atoms with Gasteiger partial charge in [-0.1, -0.05) is 31.5 Å². The molecule has 1 aliphatic rings. The number of anilines is 2. The zero-order chi connectivity index (χ0) is 21.9. The minimum atomic E-state index is -3.78. The van der Waals surface area contributed by atoms with Crippen molar-refractivity contribution in [2.45, 2.75) is 18.7 Å². The number of hydrogen-bond acceptors (Lipinski definition) is 4. The standard InChI is InChI=1S/C20H23ClN4O4S/c1-3-24(4-2)30(28,29)18-13-15(8-9-17(18)21)23-19(26)14-6-5-7-16(12-14)25-11-10-22-20(25)27/h5-9,12-13H,3-4,10-11H2,1-2H3,(H,22,27)(H,23,26). The number of amides is 3. The van der Waals surface area contributed by atoms with Crippen LogP contribution in [0.4, 0.5) is 16.2 Å². The molecule has 0 aromatic heterocycles. The number of nitrogens with one attached hydrogen (secondary N) is 2. The minimum Gasteiger partial charge on any atom is -0.336 e. The van der Waals surface area contributed by atoms with Gasteiger partial charge in [0.05, 0.1) is 5.02 Å². The van der Waals surface area contributed by atoms with Crippen LogP contribution >= 0.6 is 11.6 Å². The quantitative estimate of drug-likeness (QED) is 0.676. The van der Waals surface area contributed by atoms with Gasteiger partial charge < -0.3 is 10.6 Å². The number of carbonyl (C=O) groups is 2. The van der Waals surface area contributed by atoms with Crippen LogP contribution in [0.25, 0.3) is 0 Å². The number of hydrogen-bond donors (Lipinski definition) is 2. The van der Waals surface area contributed by atoms with Crippen molar-refractivity contribution < 1.29 is 18.0 Å². The molecule has 30 heavy (non-hydrogen) atoms. The Hall–Kier alpha value is -2.62. The van der Waals surface area contributed by atoms with E-state index < -0.39 is 15.9 Å². The van der Waals surface area contributed by atoms with Crippen molar-refractivity contribution >= 4 is 44.9 Å². The maximum absolute atomic E-state index is 12.8. The van der Waals surface area contributed by atoms with Crippen LogP contribution in [-0.4, -0.2) is 50.8 Å². The fourth-order valence-electron chi connectivity index (χ4n) is 3.22. The van der Waals surface area contributed by atoms with Crippen LogP contribution in [0, 0.1) is 0 Å². The highest BCUT2D eigenvalue weighted by atomic mass is 35.5. The summed E-state index contributed by atoms with van der Waals surface area (Å²) in [6.07, 6.45) is 0. The Morgan fingerprint density at radius 2 is 1.93 bits per heavy atom. The summed E-state index contributed by atoms with van der Waals surface area (Å²) in [5.41, 5.74) is 1.26. The van der Waals surface area contributed by atoms with E-state index in [1.165, 1.54) is 16.4 Å². The number of benzene rings is 2. The summed E-state index contributed by atoms with van der Waals surface area (Å²) in [6, 6.07) is 10.8. The smallest absolute Gasteiger partial charge is 0.321 e. The van der Waals surface area contributed by atoms with Crippen molar-refractivity contribution in [3.05, 3.63) is 53.1 Å². The second-order valence-corrected chi connectivity index (χ2v) is 8.94. The molecule has 1 fully saturated rings. The van der Waals surface area contributed by atoms with Crippen LogP contribution in [0.2, 0.25) is 5.02 Å². The predicted molar refractivity (Wildman–Crippen MR) is 117 cm³/mol. The van der Waals surface area contributed by atoms with Crippen LogP contribution in [0.3, 0.4) is 0 Å². The molecule has 0 unspecified atom stereocenters. The van der Waals surface area contributed by atoms with E-state index in [0.29, 0.717) is 43.1 Å². The van der Waals surface area contributed by atoms with E-state index in [1.807, 2.05) is 0 Å². The zero-order valence-electron chi connectivity index (χ0n) is 16.7. The first kappa shape index (κ1) is 22.1. The average Bonchev–Trinajstić information content (AvgIpc) is 3.16. The Labute approximate surface area is 180 Å². The first-order valence-electron chi connectivity index (χ1n) is 9.54.